The van der Waals surface area contributed by atoms with Crippen molar-refractivity contribution in [2.75, 3.05) is 0 Å². The molecular weight excluding hydrogens is 400 g/mol. The summed E-state index contributed by atoms with van der Waals surface area (Å²) in [6.07, 6.45) is 1.31. The molecule has 0 bridgehead atoms. The Morgan fingerprint density at radius 2 is 1.94 bits per heavy atom. The number of esters is 2. The summed E-state index contributed by atoms with van der Waals surface area (Å²) < 4.78 is 17.4. The summed E-state index contributed by atoms with van der Waals surface area (Å²) in [6, 6.07) is 0. The molecule has 7 nitrogen and oxygen atoms in total. The zero-order chi connectivity index (χ0) is 22.3. The van der Waals surface area contributed by atoms with Crippen LogP contribution in [0.5, 0.6) is 0 Å². The van der Waals surface area contributed by atoms with Crippen LogP contribution in [-0.4, -0.2) is 46.9 Å². The van der Waals surface area contributed by atoms with Crippen LogP contribution in [0.25, 0.3) is 0 Å². The van der Waals surface area contributed by atoms with Crippen LogP contribution in [0.3, 0.4) is 0 Å². The molecule has 0 aromatic heterocycles. The number of hydrogen-bond acceptors (Lipinski definition) is 7. The summed E-state index contributed by atoms with van der Waals surface area (Å²) in [5, 5.41) is 23.2. The summed E-state index contributed by atoms with van der Waals surface area (Å²) >= 11 is 0. The summed E-state index contributed by atoms with van der Waals surface area (Å²) in [7, 11) is 0. The smallest absolute Gasteiger partial charge is 0.311 e. The Bertz CT molecular complexity index is 780. The maximum Gasteiger partial charge on any atom is 0.311 e. The number of carbonyl (C=O) groups excluding carboxylic acids is 2. The highest BCUT2D eigenvalue weighted by atomic mass is 16.8. The molecule has 31 heavy (non-hydrogen) atoms. The molecular formula is C24H36O7. The van der Waals surface area contributed by atoms with E-state index < -0.39 is 42.0 Å². The molecule has 2 heterocycles. The van der Waals surface area contributed by atoms with E-state index in [0.717, 1.165) is 25.7 Å². The summed E-state index contributed by atoms with van der Waals surface area (Å²) in [5.41, 5.74) is -1.43. The molecule has 5 fully saturated rings. The molecule has 5 rings (SSSR count). The van der Waals surface area contributed by atoms with Gasteiger partial charge in [0.05, 0.1) is 17.4 Å². The number of hydrogen-bond donors (Lipinski definition) is 2. The molecule has 0 aromatic carbocycles. The molecule has 7 heteroatoms. The van der Waals surface area contributed by atoms with Crippen LogP contribution < -0.4 is 0 Å². The van der Waals surface area contributed by atoms with Crippen molar-refractivity contribution in [3.05, 3.63) is 0 Å². The highest BCUT2D eigenvalue weighted by Crippen LogP contribution is 2.73. The maximum absolute atomic E-state index is 12.7. The highest BCUT2D eigenvalue weighted by Gasteiger charge is 2.80. The molecule has 5 aliphatic rings. The first-order chi connectivity index (χ1) is 14.6. The second kappa shape index (κ2) is 6.91. The number of aliphatic hydroxyl groups is 2. The number of ether oxygens (including phenoxy) is 3. The van der Waals surface area contributed by atoms with E-state index in [1.807, 2.05) is 6.92 Å². The molecule has 2 aliphatic heterocycles. The van der Waals surface area contributed by atoms with Crippen molar-refractivity contribution in [1.82, 2.24) is 0 Å². The normalized spacial score (nSPS) is 52.0. The van der Waals surface area contributed by atoms with Crippen molar-refractivity contribution in [3.63, 3.8) is 0 Å². The van der Waals surface area contributed by atoms with Crippen molar-refractivity contribution in [2.45, 2.75) is 97.4 Å². The van der Waals surface area contributed by atoms with E-state index in [1.54, 1.807) is 0 Å². The first-order valence-electron chi connectivity index (χ1n) is 12.0. The van der Waals surface area contributed by atoms with Gasteiger partial charge in [0.2, 0.25) is 6.29 Å². The molecule has 3 saturated carbocycles. The third-order valence-corrected chi connectivity index (χ3v) is 9.64. The zero-order valence-corrected chi connectivity index (χ0v) is 19.0. The van der Waals surface area contributed by atoms with Crippen LogP contribution in [0.15, 0.2) is 0 Å². The predicted molar refractivity (Wildman–Crippen MR) is 109 cm³/mol. The standard InChI is InChI=1S/C24H36O7/c1-5-7-14(25)29-18-16(26)17-22(2,3)10-6-11-23(17,4)13-9-8-12-15-20(30-19(12)27)31-21(28)24(13,15)18/h12-13,15-18,20-21,26,28H,5-11H2,1-4H3/t12-,13?,15+,16-,17?,18-,20+,21-,23-,24+/m1/s1. The second-order valence-electron chi connectivity index (χ2n) is 11.5. The van der Waals surface area contributed by atoms with Crippen molar-refractivity contribution in [3.8, 4) is 0 Å². The molecule has 174 valence electrons. The van der Waals surface area contributed by atoms with Gasteiger partial charge in [0.1, 0.15) is 6.10 Å². The lowest BCUT2D eigenvalue weighted by Crippen LogP contribution is -2.73. The number of fused-ring (bicyclic) bond motifs is 2. The van der Waals surface area contributed by atoms with Crippen LogP contribution in [-0.2, 0) is 23.8 Å². The molecule has 2 unspecified atom stereocenters. The Labute approximate surface area is 183 Å². The summed E-state index contributed by atoms with van der Waals surface area (Å²) in [5.74, 6) is -1.60. The predicted octanol–water partition coefficient (Wildman–Crippen LogP) is 2.77. The first-order valence-corrected chi connectivity index (χ1v) is 12.0. The summed E-state index contributed by atoms with van der Waals surface area (Å²) in [4.78, 5) is 25.3. The van der Waals surface area contributed by atoms with E-state index in [-0.39, 0.29) is 41.0 Å². The van der Waals surface area contributed by atoms with Gasteiger partial charge in [0, 0.05) is 12.3 Å². The van der Waals surface area contributed by atoms with Crippen molar-refractivity contribution in [2.24, 2.45) is 39.9 Å². The second-order valence-corrected chi connectivity index (χ2v) is 11.5. The van der Waals surface area contributed by atoms with E-state index in [1.165, 1.54) is 0 Å². The molecule has 2 N–H and O–H groups in total. The van der Waals surface area contributed by atoms with E-state index in [2.05, 4.69) is 20.8 Å². The van der Waals surface area contributed by atoms with Gasteiger partial charge in [-0.25, -0.2) is 0 Å². The minimum Gasteiger partial charge on any atom is -0.459 e. The third kappa shape index (κ3) is 2.63. The molecule has 3 aliphatic carbocycles. The fourth-order valence-electron chi connectivity index (χ4n) is 8.86. The zero-order valence-electron chi connectivity index (χ0n) is 19.0. The molecule has 0 aromatic rings. The topological polar surface area (TPSA) is 102 Å². The lowest BCUT2D eigenvalue weighted by atomic mass is 9.37. The first kappa shape index (κ1) is 21.7. The molecule has 2 saturated heterocycles. The number of carbonyl (C=O) groups is 2. The Balaban J connectivity index is 1.68. The van der Waals surface area contributed by atoms with Crippen LogP contribution in [0.1, 0.15) is 72.6 Å². The van der Waals surface area contributed by atoms with Gasteiger partial charge < -0.3 is 24.4 Å². The largest absolute Gasteiger partial charge is 0.459 e. The van der Waals surface area contributed by atoms with Gasteiger partial charge in [-0.1, -0.05) is 34.1 Å². The molecule has 10 atom stereocenters. The van der Waals surface area contributed by atoms with Gasteiger partial charge in [0.15, 0.2) is 6.29 Å². The lowest BCUT2D eigenvalue weighted by molar-refractivity contribution is -0.308. The van der Waals surface area contributed by atoms with Gasteiger partial charge in [-0.15, -0.1) is 0 Å². The summed E-state index contributed by atoms with van der Waals surface area (Å²) in [6.45, 7) is 8.53. The monoisotopic (exact) mass is 436 g/mol. The van der Waals surface area contributed by atoms with Gasteiger partial charge in [-0.3, -0.25) is 9.59 Å². The average molecular weight is 437 g/mol. The highest BCUT2D eigenvalue weighted by molar-refractivity contribution is 5.76. The van der Waals surface area contributed by atoms with Crippen molar-refractivity contribution < 1.29 is 34.0 Å². The van der Waals surface area contributed by atoms with Gasteiger partial charge >= 0.3 is 11.9 Å². The van der Waals surface area contributed by atoms with E-state index >= 15 is 0 Å². The lowest BCUT2D eigenvalue weighted by Gasteiger charge is -2.68. The van der Waals surface area contributed by atoms with Crippen LogP contribution in [0.2, 0.25) is 0 Å². The Morgan fingerprint density at radius 1 is 1.19 bits per heavy atom. The fourth-order valence-corrected chi connectivity index (χ4v) is 8.86. The average Bonchev–Trinajstić information content (AvgIpc) is 3.14. The number of rotatable bonds is 3. The fraction of sp³-hybridized carbons (Fsp3) is 0.917. The van der Waals surface area contributed by atoms with Gasteiger partial charge in [-0.2, -0.15) is 0 Å². The molecule has 0 radical (unpaired) electrons. The van der Waals surface area contributed by atoms with Crippen LogP contribution in [0.4, 0.5) is 0 Å². The Morgan fingerprint density at radius 3 is 2.65 bits per heavy atom. The Kier molecular flexibility index (Phi) is 4.83. The van der Waals surface area contributed by atoms with E-state index in [0.29, 0.717) is 12.8 Å². The number of aliphatic hydroxyl groups excluding tert-OH is 2. The minimum absolute atomic E-state index is 0.0387. The van der Waals surface area contributed by atoms with Crippen molar-refractivity contribution >= 4 is 11.9 Å². The third-order valence-electron chi connectivity index (χ3n) is 9.64. The maximum atomic E-state index is 12.7. The Hall–Kier alpha value is -1.18. The quantitative estimate of drug-likeness (QED) is 0.656. The van der Waals surface area contributed by atoms with Gasteiger partial charge in [-0.05, 0) is 54.8 Å². The molecule has 0 amide bonds. The minimum atomic E-state index is -1.25. The van der Waals surface area contributed by atoms with Gasteiger partial charge in [0.25, 0.3) is 0 Å². The van der Waals surface area contributed by atoms with Crippen LogP contribution >= 0.6 is 0 Å². The van der Waals surface area contributed by atoms with E-state index in [4.69, 9.17) is 14.2 Å². The SMILES string of the molecule is CCCC(=O)O[C@@H]1[C@H](O)C2C(C)(C)CCC[C@]2(C)C2CC[C@H]3C(=O)O[C@H]4O[C@@H](O)[C@]21[C@H]43. The van der Waals surface area contributed by atoms with E-state index in [9.17, 15) is 19.8 Å². The molecule has 1 spiro atoms. The van der Waals surface area contributed by atoms with Crippen molar-refractivity contribution in [1.29, 1.82) is 0 Å². The van der Waals surface area contributed by atoms with Crippen LogP contribution in [0, 0.1) is 39.9 Å².